The SMILES string of the molecule is COC(=O)c1cccc(CS(=O)(=O)N2CCCC(N3CCNCC3=O)C2)c1. The molecule has 2 aliphatic rings. The Morgan fingerprint density at radius 2 is 2.15 bits per heavy atom. The van der Waals surface area contributed by atoms with E-state index in [1.165, 1.54) is 11.4 Å². The molecule has 2 saturated heterocycles. The number of piperazine rings is 1. The van der Waals surface area contributed by atoms with Crippen LogP contribution in [-0.4, -0.2) is 75.4 Å². The van der Waals surface area contributed by atoms with Crippen molar-refractivity contribution in [3.8, 4) is 0 Å². The van der Waals surface area contributed by atoms with Crippen LogP contribution in [0.1, 0.15) is 28.8 Å². The molecule has 27 heavy (non-hydrogen) atoms. The lowest BCUT2D eigenvalue weighted by molar-refractivity contribution is -0.135. The highest BCUT2D eigenvalue weighted by molar-refractivity contribution is 7.88. The van der Waals surface area contributed by atoms with Crippen LogP contribution in [0.4, 0.5) is 0 Å². The van der Waals surface area contributed by atoms with Gasteiger partial charge in [-0.3, -0.25) is 4.79 Å². The number of amides is 1. The number of sulfonamides is 1. The first-order valence-electron chi connectivity index (χ1n) is 9.06. The van der Waals surface area contributed by atoms with Gasteiger partial charge in [-0.1, -0.05) is 12.1 Å². The minimum absolute atomic E-state index is 0.0243. The molecule has 1 N–H and O–H groups in total. The highest BCUT2D eigenvalue weighted by Gasteiger charge is 2.34. The van der Waals surface area contributed by atoms with Crippen LogP contribution in [0.2, 0.25) is 0 Å². The molecule has 1 amide bonds. The maximum Gasteiger partial charge on any atom is 0.337 e. The first kappa shape index (κ1) is 19.8. The summed E-state index contributed by atoms with van der Waals surface area (Å²) in [7, 11) is -2.26. The van der Waals surface area contributed by atoms with Crippen molar-refractivity contribution >= 4 is 21.9 Å². The Hall–Kier alpha value is -1.97. The number of rotatable bonds is 5. The van der Waals surface area contributed by atoms with Gasteiger partial charge < -0.3 is 15.0 Å². The molecule has 0 aromatic heterocycles. The monoisotopic (exact) mass is 395 g/mol. The predicted octanol–water partition coefficient (Wildman–Crippen LogP) is 0.199. The molecule has 8 nitrogen and oxygen atoms in total. The van der Waals surface area contributed by atoms with Gasteiger partial charge in [0.15, 0.2) is 0 Å². The zero-order valence-corrected chi connectivity index (χ0v) is 16.2. The topological polar surface area (TPSA) is 96.0 Å². The highest BCUT2D eigenvalue weighted by Crippen LogP contribution is 2.22. The molecular formula is C18H25N3O5S. The fourth-order valence-electron chi connectivity index (χ4n) is 3.64. The molecule has 0 spiro atoms. The lowest BCUT2D eigenvalue weighted by Crippen LogP contribution is -2.57. The number of ether oxygens (including phenoxy) is 1. The van der Waals surface area contributed by atoms with Crippen LogP contribution in [0.25, 0.3) is 0 Å². The molecule has 3 rings (SSSR count). The van der Waals surface area contributed by atoms with E-state index in [0.29, 0.717) is 37.3 Å². The summed E-state index contributed by atoms with van der Waals surface area (Å²) in [6.45, 7) is 2.43. The Balaban J connectivity index is 1.71. The lowest BCUT2D eigenvalue weighted by atomic mass is 10.1. The Labute approximate surface area is 159 Å². The molecule has 0 saturated carbocycles. The van der Waals surface area contributed by atoms with Gasteiger partial charge >= 0.3 is 5.97 Å². The summed E-state index contributed by atoms with van der Waals surface area (Å²) in [6, 6.07) is 6.39. The molecular weight excluding hydrogens is 370 g/mol. The number of piperidine rings is 1. The number of esters is 1. The maximum absolute atomic E-state index is 12.9. The quantitative estimate of drug-likeness (QED) is 0.716. The van der Waals surface area contributed by atoms with Crippen molar-refractivity contribution < 1.29 is 22.7 Å². The summed E-state index contributed by atoms with van der Waals surface area (Å²) in [4.78, 5) is 25.6. The van der Waals surface area contributed by atoms with Crippen LogP contribution in [0.3, 0.4) is 0 Å². The molecule has 0 bridgehead atoms. The van der Waals surface area contributed by atoms with Crippen molar-refractivity contribution in [2.24, 2.45) is 0 Å². The minimum atomic E-state index is -3.55. The highest BCUT2D eigenvalue weighted by atomic mass is 32.2. The number of hydrogen-bond donors (Lipinski definition) is 1. The average Bonchev–Trinajstić information content (AvgIpc) is 2.67. The molecule has 1 atom stereocenters. The van der Waals surface area contributed by atoms with Crippen LogP contribution in [0.5, 0.6) is 0 Å². The molecule has 2 heterocycles. The Morgan fingerprint density at radius 3 is 2.89 bits per heavy atom. The second kappa shape index (κ2) is 8.37. The summed E-state index contributed by atoms with van der Waals surface area (Å²) in [5.74, 6) is -0.652. The van der Waals surface area contributed by atoms with Crippen molar-refractivity contribution in [3.63, 3.8) is 0 Å². The molecule has 0 radical (unpaired) electrons. The molecule has 9 heteroatoms. The van der Waals surface area contributed by atoms with E-state index in [2.05, 4.69) is 10.1 Å². The number of nitrogens with one attached hydrogen (secondary N) is 1. The zero-order valence-electron chi connectivity index (χ0n) is 15.4. The van der Waals surface area contributed by atoms with Crippen LogP contribution in [0.15, 0.2) is 24.3 Å². The third-order valence-corrected chi connectivity index (χ3v) is 6.83. The van der Waals surface area contributed by atoms with Crippen LogP contribution in [0, 0.1) is 0 Å². The fourth-order valence-corrected chi connectivity index (χ4v) is 5.23. The molecule has 1 unspecified atom stereocenters. The van der Waals surface area contributed by atoms with E-state index in [-0.39, 0.29) is 17.7 Å². The van der Waals surface area contributed by atoms with Crippen molar-refractivity contribution in [3.05, 3.63) is 35.4 Å². The number of carbonyl (C=O) groups is 2. The zero-order chi connectivity index (χ0) is 19.4. The summed E-state index contributed by atoms with van der Waals surface area (Å²) < 4.78 is 32.0. The van der Waals surface area contributed by atoms with Gasteiger partial charge in [0.25, 0.3) is 0 Å². The second-order valence-corrected chi connectivity index (χ2v) is 8.84. The number of carbonyl (C=O) groups excluding carboxylic acids is 2. The smallest absolute Gasteiger partial charge is 0.337 e. The standard InChI is InChI=1S/C18H25N3O5S/c1-26-18(23)15-5-2-4-14(10-15)13-27(24,25)20-8-3-6-16(12-20)21-9-7-19-11-17(21)22/h2,4-5,10,16,19H,3,6-9,11-13H2,1H3. The van der Waals surface area contributed by atoms with E-state index in [4.69, 9.17) is 0 Å². The summed E-state index contributed by atoms with van der Waals surface area (Å²) in [5.41, 5.74) is 0.867. The van der Waals surface area contributed by atoms with E-state index in [1.807, 2.05) is 0 Å². The molecule has 1 aromatic carbocycles. The minimum Gasteiger partial charge on any atom is -0.465 e. The number of nitrogens with zero attached hydrogens (tertiary/aromatic N) is 2. The third-order valence-electron chi connectivity index (χ3n) is 5.02. The van der Waals surface area contributed by atoms with Gasteiger partial charge in [0.1, 0.15) is 0 Å². The molecule has 148 valence electrons. The summed E-state index contributed by atoms with van der Waals surface area (Å²) >= 11 is 0. The summed E-state index contributed by atoms with van der Waals surface area (Å²) in [5, 5.41) is 3.04. The van der Waals surface area contributed by atoms with E-state index >= 15 is 0 Å². The second-order valence-electron chi connectivity index (χ2n) is 6.87. The van der Waals surface area contributed by atoms with Gasteiger partial charge in [0.2, 0.25) is 15.9 Å². The van der Waals surface area contributed by atoms with Crippen molar-refractivity contribution in [2.75, 3.05) is 39.8 Å². The first-order valence-corrected chi connectivity index (χ1v) is 10.7. The number of hydrogen-bond acceptors (Lipinski definition) is 6. The molecule has 2 fully saturated rings. The fraction of sp³-hybridized carbons (Fsp3) is 0.556. The third kappa shape index (κ3) is 4.66. The summed E-state index contributed by atoms with van der Waals surface area (Å²) in [6.07, 6.45) is 1.54. The number of benzene rings is 1. The Morgan fingerprint density at radius 1 is 1.33 bits per heavy atom. The maximum atomic E-state index is 12.9. The van der Waals surface area contributed by atoms with Crippen molar-refractivity contribution in [2.45, 2.75) is 24.6 Å². The predicted molar refractivity (Wildman–Crippen MR) is 99.6 cm³/mol. The number of methoxy groups -OCH3 is 1. The van der Waals surface area contributed by atoms with Gasteiger partial charge in [0, 0.05) is 32.2 Å². The first-order chi connectivity index (χ1) is 12.9. The largest absolute Gasteiger partial charge is 0.465 e. The van der Waals surface area contributed by atoms with E-state index in [9.17, 15) is 18.0 Å². The molecule has 1 aromatic rings. The van der Waals surface area contributed by atoms with Crippen LogP contribution in [-0.2, 0) is 25.3 Å². The Kier molecular flexibility index (Phi) is 6.13. The van der Waals surface area contributed by atoms with Crippen molar-refractivity contribution in [1.29, 1.82) is 0 Å². The van der Waals surface area contributed by atoms with Crippen LogP contribution >= 0.6 is 0 Å². The molecule has 0 aliphatic carbocycles. The van der Waals surface area contributed by atoms with Gasteiger partial charge in [-0.05, 0) is 30.5 Å². The van der Waals surface area contributed by atoms with Crippen molar-refractivity contribution in [1.82, 2.24) is 14.5 Å². The van der Waals surface area contributed by atoms with E-state index < -0.39 is 16.0 Å². The van der Waals surface area contributed by atoms with Gasteiger partial charge in [-0.25, -0.2) is 13.2 Å². The van der Waals surface area contributed by atoms with E-state index in [1.54, 1.807) is 29.2 Å². The van der Waals surface area contributed by atoms with Gasteiger partial charge in [0.05, 0.1) is 25.0 Å². The normalized spacial score (nSPS) is 21.9. The molecule has 2 aliphatic heterocycles. The van der Waals surface area contributed by atoms with Gasteiger partial charge in [-0.2, -0.15) is 4.31 Å². The Bertz CT molecular complexity index is 811. The lowest BCUT2D eigenvalue weighted by Gasteiger charge is -2.40. The van der Waals surface area contributed by atoms with Gasteiger partial charge in [-0.15, -0.1) is 0 Å². The van der Waals surface area contributed by atoms with Crippen LogP contribution < -0.4 is 5.32 Å². The van der Waals surface area contributed by atoms with E-state index in [0.717, 1.165) is 19.4 Å². The average molecular weight is 395 g/mol.